The summed E-state index contributed by atoms with van der Waals surface area (Å²) in [5, 5.41) is 31.8. The molecule has 45 heavy (non-hydrogen) atoms. The molecule has 5 rings (SSSR count). The molecule has 2 amide bonds. The number of halogens is 1. The Balaban J connectivity index is 1.30. The number of carbonyl (C=O) groups excluding carboxylic acids is 2. The number of nitrogens with zero attached hydrogens (tertiary/aromatic N) is 2. The molecule has 2 saturated heterocycles. The molecule has 4 atom stereocenters. The molecule has 2 heterocycles. The van der Waals surface area contributed by atoms with E-state index in [2.05, 4.69) is 17.0 Å². The summed E-state index contributed by atoms with van der Waals surface area (Å²) in [4.78, 5) is 31.8. The van der Waals surface area contributed by atoms with E-state index in [4.69, 9.17) is 0 Å². The van der Waals surface area contributed by atoms with Crippen LogP contribution < -0.4 is 0 Å². The number of rotatable bonds is 11. The number of hydrogen-bond donors (Lipinski definition) is 3. The Bertz CT molecular complexity index is 1430. The summed E-state index contributed by atoms with van der Waals surface area (Å²) in [6, 6.07) is 14.4. The maximum atomic E-state index is 14.0. The van der Waals surface area contributed by atoms with Crippen molar-refractivity contribution in [3.8, 4) is 5.75 Å². The normalized spacial score (nSPS) is 24.1. The van der Waals surface area contributed by atoms with Crippen molar-refractivity contribution in [2.75, 3.05) is 19.7 Å². The highest BCUT2D eigenvalue weighted by molar-refractivity contribution is 6.06. The quantitative estimate of drug-likeness (QED) is 0.221. The van der Waals surface area contributed by atoms with E-state index < -0.39 is 35.4 Å². The van der Waals surface area contributed by atoms with E-state index in [0.29, 0.717) is 36.8 Å². The lowest BCUT2D eigenvalue weighted by atomic mass is 9.66. The van der Waals surface area contributed by atoms with Crippen molar-refractivity contribution in [3.05, 3.63) is 82.2 Å². The van der Waals surface area contributed by atoms with E-state index in [9.17, 15) is 29.3 Å². The number of fused-ring (bicyclic) bond motifs is 1. The lowest BCUT2D eigenvalue weighted by Gasteiger charge is -2.38. The van der Waals surface area contributed by atoms with Crippen LogP contribution in [0.15, 0.2) is 65.3 Å². The van der Waals surface area contributed by atoms with Gasteiger partial charge in [0.1, 0.15) is 0 Å². The highest BCUT2D eigenvalue weighted by atomic mass is 19.1. The fraction of sp³-hybridized carbons (Fsp3) is 0.514. The number of hydrogen-bond acceptors (Lipinski definition) is 6. The smallest absolute Gasteiger partial charge is 0.234 e. The minimum absolute atomic E-state index is 0.0454. The van der Waals surface area contributed by atoms with Crippen LogP contribution in [0, 0.1) is 29.5 Å². The third-order valence-electron chi connectivity index (χ3n) is 10.1. The number of likely N-dealkylation sites (tertiary alicyclic amines) is 2. The number of aromatic hydroxyl groups is 1. The topological polar surface area (TPSA) is 101 Å². The van der Waals surface area contributed by atoms with Gasteiger partial charge in [-0.25, -0.2) is 4.39 Å². The van der Waals surface area contributed by atoms with E-state index in [0.717, 1.165) is 43.6 Å². The highest BCUT2D eigenvalue weighted by Gasteiger charge is 2.56. The van der Waals surface area contributed by atoms with Gasteiger partial charge in [0.05, 0.1) is 24.5 Å². The van der Waals surface area contributed by atoms with Crippen LogP contribution >= 0.6 is 0 Å². The molecule has 0 spiro atoms. The molecule has 242 valence electrons. The first-order chi connectivity index (χ1) is 21.6. The number of phenolic OH excluding ortho intramolecular Hbond substituents is 1. The summed E-state index contributed by atoms with van der Waals surface area (Å²) < 4.78 is 13.9. The monoisotopic (exact) mass is 618 g/mol. The number of amides is 2. The number of aliphatic hydroxyl groups is 2. The van der Waals surface area contributed by atoms with E-state index in [1.807, 2.05) is 45.0 Å². The number of aliphatic hydroxyl groups excluding tert-OH is 2. The van der Waals surface area contributed by atoms with Crippen LogP contribution in [-0.2, 0) is 16.1 Å². The molecule has 3 aliphatic rings. The highest BCUT2D eigenvalue weighted by Crippen LogP contribution is 2.49. The molecule has 3 N–H and O–H groups in total. The Kier molecular flexibility index (Phi) is 10.6. The molecule has 0 aromatic heterocycles. The van der Waals surface area contributed by atoms with Crippen LogP contribution in [-0.4, -0.2) is 68.8 Å². The maximum Gasteiger partial charge on any atom is 0.234 e. The van der Waals surface area contributed by atoms with Gasteiger partial charge in [0.15, 0.2) is 11.6 Å². The van der Waals surface area contributed by atoms with Crippen molar-refractivity contribution < 1.29 is 29.3 Å². The standard InChI is InChI=1S/C37H47FN2O5/c1-4-24(18-26-11-12-32(42)31(38)19-26)10-13-33(43)34-28(23(2)3)20-29-35(30(34)22-41)37(45)40(36(29)44)27-14-16-39(17-15-27)21-25-8-6-5-7-9-25/h5-9,11-12,18-19,23,27,29-30,33,35,41-43H,4,10,13-17,20-22H2,1-3H3/b24-18+/t29-,30+,33-,35-/m1/s1. The Labute approximate surface area is 266 Å². The van der Waals surface area contributed by atoms with Gasteiger partial charge in [0.25, 0.3) is 0 Å². The average Bonchev–Trinajstić information content (AvgIpc) is 3.29. The van der Waals surface area contributed by atoms with E-state index in [1.165, 1.54) is 22.6 Å². The van der Waals surface area contributed by atoms with Gasteiger partial charge in [-0.3, -0.25) is 19.4 Å². The molecule has 0 bridgehead atoms. The molecule has 2 fully saturated rings. The van der Waals surface area contributed by atoms with Crippen LogP contribution in [0.5, 0.6) is 5.75 Å². The molecule has 0 saturated carbocycles. The maximum absolute atomic E-state index is 14.0. The summed E-state index contributed by atoms with van der Waals surface area (Å²) in [5.74, 6) is -3.17. The minimum Gasteiger partial charge on any atom is -0.505 e. The molecule has 1 aliphatic carbocycles. The SMILES string of the molecule is CC/C(=C\c1ccc(O)c(F)c1)CC[C@@H](O)C1=C(C(C)C)C[C@H]2C(=O)N(C3CCN(Cc4ccccc4)CC3)C(=O)[C@H]2[C@H]1CO. The minimum atomic E-state index is -0.884. The van der Waals surface area contributed by atoms with Crippen LogP contribution in [0.3, 0.4) is 0 Å². The first-order valence-electron chi connectivity index (χ1n) is 16.5. The molecular formula is C37H47FN2O5. The fourth-order valence-corrected chi connectivity index (χ4v) is 7.68. The van der Waals surface area contributed by atoms with Gasteiger partial charge >= 0.3 is 0 Å². The van der Waals surface area contributed by atoms with Crippen LogP contribution in [0.25, 0.3) is 6.08 Å². The van der Waals surface area contributed by atoms with E-state index in [-0.39, 0.29) is 30.4 Å². The molecule has 2 aromatic rings. The summed E-state index contributed by atoms with van der Waals surface area (Å²) in [5.41, 5.74) is 4.56. The van der Waals surface area contributed by atoms with Crippen LogP contribution in [0.4, 0.5) is 4.39 Å². The van der Waals surface area contributed by atoms with Crippen molar-refractivity contribution in [2.24, 2.45) is 23.7 Å². The number of allylic oxidation sites excluding steroid dienone is 2. The largest absolute Gasteiger partial charge is 0.505 e. The fourth-order valence-electron chi connectivity index (χ4n) is 7.68. The molecule has 2 aromatic carbocycles. The molecule has 0 radical (unpaired) electrons. The molecule has 0 unspecified atom stereocenters. The number of imide groups is 1. The predicted octanol–water partition coefficient (Wildman–Crippen LogP) is 5.70. The molecule has 7 nitrogen and oxygen atoms in total. The second-order valence-electron chi connectivity index (χ2n) is 13.2. The molecular weight excluding hydrogens is 571 g/mol. The van der Waals surface area contributed by atoms with Gasteiger partial charge in [-0.1, -0.05) is 74.4 Å². The first-order valence-corrected chi connectivity index (χ1v) is 16.5. The zero-order chi connectivity index (χ0) is 32.2. The third-order valence-corrected chi connectivity index (χ3v) is 10.1. The van der Waals surface area contributed by atoms with Crippen LogP contribution in [0.1, 0.15) is 70.4 Å². The predicted molar refractivity (Wildman–Crippen MR) is 172 cm³/mol. The van der Waals surface area contributed by atoms with Crippen molar-refractivity contribution in [2.45, 2.75) is 78.0 Å². The number of phenols is 1. The van der Waals surface area contributed by atoms with Crippen molar-refractivity contribution in [1.82, 2.24) is 9.80 Å². The lowest BCUT2D eigenvalue weighted by Crippen LogP contribution is -2.47. The summed E-state index contributed by atoms with van der Waals surface area (Å²) in [6.45, 7) is 8.22. The van der Waals surface area contributed by atoms with Gasteiger partial charge in [-0.05, 0) is 73.3 Å². The van der Waals surface area contributed by atoms with Crippen molar-refractivity contribution in [1.29, 1.82) is 0 Å². The van der Waals surface area contributed by atoms with E-state index >= 15 is 0 Å². The number of piperidine rings is 1. The average molecular weight is 619 g/mol. The van der Waals surface area contributed by atoms with Gasteiger partial charge in [-0.15, -0.1) is 0 Å². The summed E-state index contributed by atoms with van der Waals surface area (Å²) in [6.07, 6.45) is 4.48. The third kappa shape index (κ3) is 7.08. The Morgan fingerprint density at radius 1 is 1.07 bits per heavy atom. The second-order valence-corrected chi connectivity index (χ2v) is 13.2. The van der Waals surface area contributed by atoms with Gasteiger partial charge < -0.3 is 15.3 Å². The lowest BCUT2D eigenvalue weighted by molar-refractivity contribution is -0.144. The summed E-state index contributed by atoms with van der Waals surface area (Å²) >= 11 is 0. The van der Waals surface area contributed by atoms with Gasteiger partial charge in [0.2, 0.25) is 11.8 Å². The van der Waals surface area contributed by atoms with Gasteiger partial charge in [0, 0.05) is 31.6 Å². The zero-order valence-electron chi connectivity index (χ0n) is 26.7. The Morgan fingerprint density at radius 2 is 1.78 bits per heavy atom. The number of carbonyl (C=O) groups is 2. The molecule has 2 aliphatic heterocycles. The first kappa shape index (κ1) is 33.0. The number of benzene rings is 2. The summed E-state index contributed by atoms with van der Waals surface area (Å²) in [7, 11) is 0. The van der Waals surface area contributed by atoms with E-state index in [1.54, 1.807) is 6.07 Å². The van der Waals surface area contributed by atoms with Crippen LogP contribution in [0.2, 0.25) is 0 Å². The van der Waals surface area contributed by atoms with Crippen molar-refractivity contribution >= 4 is 17.9 Å². The van der Waals surface area contributed by atoms with Crippen molar-refractivity contribution in [3.63, 3.8) is 0 Å². The Morgan fingerprint density at radius 3 is 2.40 bits per heavy atom. The second kappa shape index (κ2) is 14.4. The molecule has 8 heteroatoms. The van der Waals surface area contributed by atoms with Gasteiger partial charge in [-0.2, -0.15) is 0 Å². The zero-order valence-corrected chi connectivity index (χ0v) is 26.7. The Hall–Kier alpha value is -3.33.